The second-order valence-electron chi connectivity index (χ2n) is 5.14. The molecular weight excluding hydrogens is 321 g/mol. The SMILES string of the molecule is Cc1ccc(NC(=O)[C@H](C)Oc2cc(Cl)ccc2Cl)c(C)c1. The molecule has 5 heteroatoms. The van der Waals surface area contributed by atoms with Crippen molar-refractivity contribution < 1.29 is 9.53 Å². The molecule has 22 heavy (non-hydrogen) atoms. The molecule has 0 aromatic heterocycles. The first-order valence-electron chi connectivity index (χ1n) is 6.86. The summed E-state index contributed by atoms with van der Waals surface area (Å²) in [6.45, 7) is 5.61. The van der Waals surface area contributed by atoms with E-state index in [2.05, 4.69) is 5.32 Å². The Morgan fingerprint density at radius 2 is 1.86 bits per heavy atom. The lowest BCUT2D eigenvalue weighted by Gasteiger charge is -2.17. The van der Waals surface area contributed by atoms with Crippen molar-refractivity contribution in [3.63, 3.8) is 0 Å². The molecule has 2 aromatic carbocycles. The third-order valence-corrected chi connectivity index (χ3v) is 3.75. The highest BCUT2D eigenvalue weighted by Gasteiger charge is 2.17. The van der Waals surface area contributed by atoms with E-state index in [0.29, 0.717) is 15.8 Å². The fraction of sp³-hybridized carbons (Fsp3) is 0.235. The molecule has 0 unspecified atom stereocenters. The first-order chi connectivity index (χ1) is 10.4. The predicted octanol–water partition coefficient (Wildman–Crippen LogP) is 5.02. The number of ether oxygens (including phenoxy) is 1. The zero-order valence-electron chi connectivity index (χ0n) is 12.6. The Morgan fingerprint density at radius 3 is 2.55 bits per heavy atom. The van der Waals surface area contributed by atoms with Crippen molar-refractivity contribution in [1.82, 2.24) is 0 Å². The van der Waals surface area contributed by atoms with Crippen LogP contribution in [0.5, 0.6) is 5.75 Å². The monoisotopic (exact) mass is 337 g/mol. The average Bonchev–Trinajstić information content (AvgIpc) is 2.45. The van der Waals surface area contributed by atoms with E-state index in [1.165, 1.54) is 0 Å². The van der Waals surface area contributed by atoms with Crippen LogP contribution in [-0.2, 0) is 4.79 Å². The van der Waals surface area contributed by atoms with Crippen LogP contribution < -0.4 is 10.1 Å². The Hall–Kier alpha value is -1.71. The van der Waals surface area contributed by atoms with Gasteiger partial charge in [-0.3, -0.25) is 4.79 Å². The Morgan fingerprint density at radius 1 is 1.14 bits per heavy atom. The number of amides is 1. The molecule has 0 bridgehead atoms. The Kier molecular flexibility index (Phi) is 5.33. The standard InChI is InChI=1S/C17H17Cl2NO2/c1-10-4-7-15(11(2)8-10)20-17(21)12(3)22-16-9-13(18)5-6-14(16)19/h4-9,12H,1-3H3,(H,20,21)/t12-/m0/s1. The van der Waals surface area contributed by atoms with Crippen LogP contribution in [0.25, 0.3) is 0 Å². The molecule has 2 rings (SSSR count). The van der Waals surface area contributed by atoms with E-state index >= 15 is 0 Å². The minimum absolute atomic E-state index is 0.247. The first kappa shape index (κ1) is 16.7. The second kappa shape index (κ2) is 7.03. The minimum atomic E-state index is -0.698. The maximum Gasteiger partial charge on any atom is 0.265 e. The van der Waals surface area contributed by atoms with Crippen molar-refractivity contribution in [2.24, 2.45) is 0 Å². The third kappa shape index (κ3) is 4.15. The highest BCUT2D eigenvalue weighted by molar-refractivity contribution is 6.34. The highest BCUT2D eigenvalue weighted by atomic mass is 35.5. The van der Waals surface area contributed by atoms with Crippen LogP contribution in [0.1, 0.15) is 18.1 Å². The number of benzene rings is 2. The molecule has 0 saturated carbocycles. The number of carbonyl (C=O) groups excluding carboxylic acids is 1. The van der Waals surface area contributed by atoms with Crippen LogP contribution in [0.3, 0.4) is 0 Å². The summed E-state index contributed by atoms with van der Waals surface area (Å²) >= 11 is 11.9. The van der Waals surface area contributed by atoms with Gasteiger partial charge in [0.15, 0.2) is 6.10 Å². The normalized spacial score (nSPS) is 11.9. The van der Waals surface area contributed by atoms with Crippen molar-refractivity contribution in [2.75, 3.05) is 5.32 Å². The molecule has 0 fully saturated rings. The smallest absolute Gasteiger partial charge is 0.265 e. The maximum atomic E-state index is 12.2. The lowest BCUT2D eigenvalue weighted by Crippen LogP contribution is -2.30. The Balaban J connectivity index is 2.07. The molecule has 2 aromatic rings. The van der Waals surface area contributed by atoms with Gasteiger partial charge in [-0.2, -0.15) is 0 Å². The number of hydrogen-bond donors (Lipinski definition) is 1. The summed E-state index contributed by atoms with van der Waals surface area (Å²) in [5, 5.41) is 3.77. The van der Waals surface area contributed by atoms with Gasteiger partial charge in [-0.25, -0.2) is 0 Å². The molecule has 0 aliphatic carbocycles. The average molecular weight is 338 g/mol. The van der Waals surface area contributed by atoms with Gasteiger partial charge in [-0.1, -0.05) is 40.9 Å². The van der Waals surface area contributed by atoms with Gasteiger partial charge in [0, 0.05) is 16.8 Å². The number of halogens is 2. The molecule has 3 nitrogen and oxygen atoms in total. The van der Waals surface area contributed by atoms with Crippen molar-refractivity contribution in [1.29, 1.82) is 0 Å². The van der Waals surface area contributed by atoms with E-state index in [1.807, 2.05) is 32.0 Å². The first-order valence-corrected chi connectivity index (χ1v) is 7.62. The fourth-order valence-corrected chi connectivity index (χ4v) is 2.32. The van der Waals surface area contributed by atoms with Crippen LogP contribution in [0.15, 0.2) is 36.4 Å². The van der Waals surface area contributed by atoms with Gasteiger partial charge in [0.1, 0.15) is 5.75 Å². The topological polar surface area (TPSA) is 38.3 Å². The predicted molar refractivity (Wildman–Crippen MR) is 91.1 cm³/mol. The molecule has 1 N–H and O–H groups in total. The number of aryl methyl sites for hydroxylation is 2. The summed E-state index contributed by atoms with van der Waals surface area (Å²) in [6, 6.07) is 10.7. The van der Waals surface area contributed by atoms with Crippen molar-refractivity contribution in [3.8, 4) is 5.75 Å². The van der Waals surface area contributed by atoms with E-state index in [4.69, 9.17) is 27.9 Å². The van der Waals surface area contributed by atoms with Gasteiger partial charge in [0.25, 0.3) is 5.91 Å². The molecule has 0 aliphatic heterocycles. The van der Waals surface area contributed by atoms with E-state index in [1.54, 1.807) is 25.1 Å². The van der Waals surface area contributed by atoms with Gasteiger partial charge in [0.2, 0.25) is 0 Å². The van der Waals surface area contributed by atoms with Gasteiger partial charge >= 0.3 is 0 Å². The van der Waals surface area contributed by atoms with E-state index in [0.717, 1.165) is 16.8 Å². The number of anilines is 1. The van der Waals surface area contributed by atoms with Crippen molar-refractivity contribution in [3.05, 3.63) is 57.6 Å². The van der Waals surface area contributed by atoms with Crippen LogP contribution in [0.4, 0.5) is 5.69 Å². The van der Waals surface area contributed by atoms with Gasteiger partial charge in [-0.15, -0.1) is 0 Å². The van der Waals surface area contributed by atoms with Gasteiger partial charge < -0.3 is 10.1 Å². The lowest BCUT2D eigenvalue weighted by molar-refractivity contribution is -0.122. The molecule has 0 spiro atoms. The quantitative estimate of drug-likeness (QED) is 0.850. The lowest BCUT2D eigenvalue weighted by atomic mass is 10.1. The summed E-state index contributed by atoms with van der Waals surface area (Å²) < 4.78 is 5.60. The van der Waals surface area contributed by atoms with E-state index in [-0.39, 0.29) is 5.91 Å². The van der Waals surface area contributed by atoms with Crippen LogP contribution in [0.2, 0.25) is 10.0 Å². The van der Waals surface area contributed by atoms with Crippen LogP contribution in [-0.4, -0.2) is 12.0 Å². The molecule has 0 radical (unpaired) electrons. The maximum absolute atomic E-state index is 12.2. The van der Waals surface area contributed by atoms with Crippen LogP contribution in [0, 0.1) is 13.8 Å². The van der Waals surface area contributed by atoms with Crippen molar-refractivity contribution in [2.45, 2.75) is 26.9 Å². The number of carbonyl (C=O) groups is 1. The molecule has 116 valence electrons. The van der Waals surface area contributed by atoms with Gasteiger partial charge in [0.05, 0.1) is 5.02 Å². The molecule has 0 aliphatic rings. The number of hydrogen-bond acceptors (Lipinski definition) is 2. The fourth-order valence-electron chi connectivity index (χ4n) is 2.00. The largest absolute Gasteiger partial charge is 0.479 e. The summed E-state index contributed by atoms with van der Waals surface area (Å²) in [5.74, 6) is 0.139. The highest BCUT2D eigenvalue weighted by Crippen LogP contribution is 2.28. The van der Waals surface area contributed by atoms with E-state index < -0.39 is 6.10 Å². The number of nitrogens with one attached hydrogen (secondary N) is 1. The minimum Gasteiger partial charge on any atom is -0.479 e. The molecule has 0 saturated heterocycles. The zero-order valence-corrected chi connectivity index (χ0v) is 14.1. The summed E-state index contributed by atoms with van der Waals surface area (Å²) in [5.41, 5.74) is 2.91. The summed E-state index contributed by atoms with van der Waals surface area (Å²) in [6.07, 6.45) is -0.698. The molecular formula is C17H17Cl2NO2. The Bertz CT molecular complexity index is 701. The molecule has 0 heterocycles. The summed E-state index contributed by atoms with van der Waals surface area (Å²) in [7, 11) is 0. The Labute approximate surface area is 140 Å². The molecule has 1 atom stereocenters. The summed E-state index contributed by atoms with van der Waals surface area (Å²) in [4.78, 5) is 12.2. The second-order valence-corrected chi connectivity index (χ2v) is 5.99. The zero-order chi connectivity index (χ0) is 16.3. The van der Waals surface area contributed by atoms with Crippen molar-refractivity contribution >= 4 is 34.8 Å². The number of rotatable bonds is 4. The molecule has 1 amide bonds. The third-order valence-electron chi connectivity index (χ3n) is 3.21. The van der Waals surface area contributed by atoms with Crippen LogP contribution >= 0.6 is 23.2 Å². The van der Waals surface area contributed by atoms with Gasteiger partial charge in [-0.05, 0) is 44.5 Å². The van der Waals surface area contributed by atoms with E-state index in [9.17, 15) is 4.79 Å².